The Kier molecular flexibility index (Phi) is 4.65. The largest absolute Gasteiger partial charge is 0.342 e. The van der Waals surface area contributed by atoms with Gasteiger partial charge in [-0.15, -0.1) is 0 Å². The van der Waals surface area contributed by atoms with E-state index in [4.69, 9.17) is 4.98 Å². The number of nitrogens with one attached hydrogen (secondary N) is 1. The first-order valence-electron chi connectivity index (χ1n) is 11.0. The Morgan fingerprint density at radius 1 is 1.00 bits per heavy atom. The summed E-state index contributed by atoms with van der Waals surface area (Å²) in [6.07, 6.45) is 1.65. The summed E-state index contributed by atoms with van der Waals surface area (Å²) in [4.78, 5) is 49.9. The van der Waals surface area contributed by atoms with Crippen LogP contribution in [0.25, 0.3) is 11.0 Å². The van der Waals surface area contributed by atoms with E-state index in [1.165, 1.54) is 4.90 Å². The first-order chi connectivity index (χ1) is 15.2. The van der Waals surface area contributed by atoms with Crippen LogP contribution in [0.2, 0.25) is 0 Å². The highest BCUT2D eigenvalue weighted by molar-refractivity contribution is 6.22. The van der Waals surface area contributed by atoms with Crippen LogP contribution in [0.3, 0.4) is 0 Å². The van der Waals surface area contributed by atoms with Gasteiger partial charge >= 0.3 is 0 Å². The number of hydrogen-bond acceptors (Lipinski definition) is 4. The molecule has 2 aromatic carbocycles. The molecule has 32 heavy (non-hydrogen) atoms. The van der Waals surface area contributed by atoms with Gasteiger partial charge in [-0.3, -0.25) is 19.3 Å². The van der Waals surface area contributed by atoms with Crippen LogP contribution in [0.1, 0.15) is 76.4 Å². The molecule has 0 bridgehead atoms. The quantitative estimate of drug-likeness (QED) is 0.623. The summed E-state index contributed by atoms with van der Waals surface area (Å²) < 4.78 is 0. The number of H-pyrrole nitrogens is 1. The van der Waals surface area contributed by atoms with E-state index < -0.39 is 5.54 Å². The number of aromatic nitrogens is 2. The smallest absolute Gasteiger partial charge is 0.262 e. The van der Waals surface area contributed by atoms with Crippen molar-refractivity contribution in [2.45, 2.75) is 45.1 Å². The van der Waals surface area contributed by atoms with Gasteiger partial charge in [-0.2, -0.15) is 0 Å². The van der Waals surface area contributed by atoms with Gasteiger partial charge in [0.15, 0.2) is 0 Å². The van der Waals surface area contributed by atoms with Gasteiger partial charge in [0.1, 0.15) is 5.82 Å². The second-order valence-corrected chi connectivity index (χ2v) is 9.58. The van der Waals surface area contributed by atoms with Crippen molar-refractivity contribution < 1.29 is 14.4 Å². The minimum atomic E-state index is -0.615. The molecule has 1 fully saturated rings. The topological polar surface area (TPSA) is 86.4 Å². The predicted molar refractivity (Wildman–Crippen MR) is 121 cm³/mol. The van der Waals surface area contributed by atoms with Gasteiger partial charge in [-0.25, -0.2) is 4.98 Å². The number of hydrogen-bond donors (Lipinski definition) is 1. The van der Waals surface area contributed by atoms with Crippen LogP contribution in [0.5, 0.6) is 0 Å². The average Bonchev–Trinajstić information content (AvgIpc) is 3.32. The molecule has 3 aromatic rings. The van der Waals surface area contributed by atoms with Crippen molar-refractivity contribution in [2.75, 3.05) is 13.1 Å². The number of likely N-dealkylation sites (tertiary alicyclic amines) is 1. The second-order valence-electron chi connectivity index (χ2n) is 9.58. The molecule has 3 amide bonds. The van der Waals surface area contributed by atoms with E-state index in [-0.39, 0.29) is 23.6 Å². The number of piperidine rings is 1. The number of para-hydroxylation sites is 2. The zero-order valence-electron chi connectivity index (χ0n) is 18.5. The van der Waals surface area contributed by atoms with Crippen LogP contribution in [-0.2, 0) is 0 Å². The third-order valence-electron chi connectivity index (χ3n) is 6.38. The van der Waals surface area contributed by atoms with Gasteiger partial charge in [-0.05, 0) is 63.9 Å². The number of carbonyl (C=O) groups is 3. The van der Waals surface area contributed by atoms with Crippen molar-refractivity contribution in [3.63, 3.8) is 0 Å². The number of amides is 3. The van der Waals surface area contributed by atoms with Crippen LogP contribution >= 0.6 is 0 Å². The molecule has 3 heterocycles. The highest BCUT2D eigenvalue weighted by Crippen LogP contribution is 2.31. The van der Waals surface area contributed by atoms with Crippen molar-refractivity contribution in [3.8, 4) is 0 Å². The third-order valence-corrected chi connectivity index (χ3v) is 6.38. The number of aromatic amines is 1. The van der Waals surface area contributed by atoms with E-state index in [0.717, 1.165) is 29.7 Å². The first kappa shape index (κ1) is 20.4. The summed E-state index contributed by atoms with van der Waals surface area (Å²) in [7, 11) is 0. The number of rotatable bonds is 2. The number of fused-ring (bicyclic) bond motifs is 2. The lowest BCUT2D eigenvalue weighted by molar-refractivity contribution is 0.0507. The fourth-order valence-electron chi connectivity index (χ4n) is 4.69. The summed E-state index contributed by atoms with van der Waals surface area (Å²) in [5, 5.41) is 0. The predicted octanol–water partition coefficient (Wildman–Crippen LogP) is 3.98. The maximum absolute atomic E-state index is 13.1. The minimum Gasteiger partial charge on any atom is -0.342 e. The SMILES string of the molecule is CC(C)(C)N1C(=O)c2ccc(C(=O)N3CCC(c4nc5ccccc5[nH]4)CC3)cc2C1=O. The molecule has 0 saturated carbocycles. The monoisotopic (exact) mass is 430 g/mol. The molecule has 2 aliphatic heterocycles. The highest BCUT2D eigenvalue weighted by Gasteiger charge is 2.42. The number of carbonyl (C=O) groups excluding carboxylic acids is 3. The molecule has 0 aliphatic carbocycles. The molecule has 7 heteroatoms. The molecular formula is C25H26N4O3. The fourth-order valence-corrected chi connectivity index (χ4v) is 4.69. The fraction of sp³-hybridized carbons (Fsp3) is 0.360. The van der Waals surface area contributed by atoms with E-state index >= 15 is 0 Å². The van der Waals surface area contributed by atoms with Crippen LogP contribution in [0.4, 0.5) is 0 Å². The van der Waals surface area contributed by atoms with Crippen molar-refractivity contribution in [2.24, 2.45) is 0 Å². The number of benzene rings is 2. The normalized spacial score (nSPS) is 17.3. The van der Waals surface area contributed by atoms with Crippen LogP contribution in [0, 0.1) is 0 Å². The molecule has 0 radical (unpaired) electrons. The van der Waals surface area contributed by atoms with Gasteiger partial charge < -0.3 is 9.88 Å². The molecule has 5 rings (SSSR count). The summed E-state index contributed by atoms with van der Waals surface area (Å²) in [5.41, 5.74) is 2.50. The molecule has 0 atom stereocenters. The summed E-state index contributed by atoms with van der Waals surface area (Å²) in [5.74, 6) is 0.512. The van der Waals surface area contributed by atoms with E-state index in [0.29, 0.717) is 29.8 Å². The zero-order chi connectivity index (χ0) is 22.6. The average molecular weight is 431 g/mol. The molecule has 1 aromatic heterocycles. The van der Waals surface area contributed by atoms with Crippen LogP contribution in [-0.4, -0.2) is 56.1 Å². The molecule has 1 saturated heterocycles. The Morgan fingerprint density at radius 2 is 1.69 bits per heavy atom. The summed E-state index contributed by atoms with van der Waals surface area (Å²) in [6, 6.07) is 12.8. The standard InChI is InChI=1S/C25H26N4O3/c1-25(2,3)29-23(31)17-9-8-16(14-18(17)24(29)32)22(30)28-12-10-15(11-13-28)21-26-19-6-4-5-7-20(19)27-21/h4-9,14-15H,10-13H2,1-3H3,(H,26,27). The van der Waals surface area contributed by atoms with Crippen molar-refractivity contribution in [1.29, 1.82) is 0 Å². The highest BCUT2D eigenvalue weighted by atomic mass is 16.2. The summed E-state index contributed by atoms with van der Waals surface area (Å²) >= 11 is 0. The van der Waals surface area contributed by atoms with E-state index in [2.05, 4.69) is 4.98 Å². The Labute approximate surface area is 186 Å². The van der Waals surface area contributed by atoms with Crippen LogP contribution in [0.15, 0.2) is 42.5 Å². The minimum absolute atomic E-state index is 0.106. The summed E-state index contributed by atoms with van der Waals surface area (Å²) in [6.45, 7) is 6.73. The molecule has 1 N–H and O–H groups in total. The van der Waals surface area contributed by atoms with Gasteiger partial charge in [0, 0.05) is 30.1 Å². The molecule has 0 spiro atoms. The van der Waals surface area contributed by atoms with Crippen molar-refractivity contribution in [1.82, 2.24) is 19.8 Å². The lowest BCUT2D eigenvalue weighted by atomic mass is 9.95. The number of imidazole rings is 1. The molecule has 0 unspecified atom stereocenters. The van der Waals surface area contributed by atoms with Crippen LogP contribution < -0.4 is 0 Å². The maximum Gasteiger partial charge on any atom is 0.262 e. The van der Waals surface area contributed by atoms with Gasteiger partial charge in [0.2, 0.25) is 0 Å². The van der Waals surface area contributed by atoms with E-state index in [9.17, 15) is 14.4 Å². The lowest BCUT2D eigenvalue weighted by Gasteiger charge is -2.31. The Hall–Kier alpha value is -3.48. The van der Waals surface area contributed by atoms with Crippen molar-refractivity contribution in [3.05, 3.63) is 65.0 Å². The van der Waals surface area contributed by atoms with E-state index in [1.54, 1.807) is 18.2 Å². The van der Waals surface area contributed by atoms with Gasteiger partial charge in [0.25, 0.3) is 17.7 Å². The number of imide groups is 1. The van der Waals surface area contributed by atoms with Crippen molar-refractivity contribution >= 4 is 28.8 Å². The Morgan fingerprint density at radius 3 is 2.38 bits per heavy atom. The number of nitrogens with zero attached hydrogens (tertiary/aromatic N) is 3. The third kappa shape index (κ3) is 3.28. The van der Waals surface area contributed by atoms with Gasteiger partial charge in [-0.1, -0.05) is 12.1 Å². The first-order valence-corrected chi connectivity index (χ1v) is 11.0. The molecule has 2 aliphatic rings. The maximum atomic E-state index is 13.1. The molecule has 164 valence electrons. The molecular weight excluding hydrogens is 404 g/mol. The second kappa shape index (κ2) is 7.29. The molecule has 7 nitrogen and oxygen atoms in total. The zero-order valence-corrected chi connectivity index (χ0v) is 18.5. The van der Waals surface area contributed by atoms with E-state index in [1.807, 2.05) is 49.9 Å². The lowest BCUT2D eigenvalue weighted by Crippen LogP contribution is -2.45. The Bertz CT molecular complexity index is 1210. The Balaban J connectivity index is 1.31. The van der Waals surface area contributed by atoms with Gasteiger partial charge in [0.05, 0.1) is 22.2 Å².